The molecule has 2 fully saturated rings. The highest BCUT2D eigenvalue weighted by Crippen LogP contribution is 2.20. The average Bonchev–Trinajstić information content (AvgIpc) is 2.57. The van der Waals surface area contributed by atoms with E-state index in [0.717, 1.165) is 51.5 Å². The Morgan fingerprint density at radius 2 is 2.14 bits per heavy atom. The molecular weight excluding hydrogens is 278 g/mol. The summed E-state index contributed by atoms with van der Waals surface area (Å²) in [7, 11) is 2.17. The van der Waals surface area contributed by atoms with Crippen LogP contribution < -0.4 is 4.90 Å². The Bertz CT molecular complexity index is 536. The molecule has 22 heavy (non-hydrogen) atoms. The molecule has 0 aromatic carbocycles. The summed E-state index contributed by atoms with van der Waals surface area (Å²) < 4.78 is 5.93. The molecule has 3 rings (SSSR count). The zero-order valence-corrected chi connectivity index (χ0v) is 13.1. The summed E-state index contributed by atoms with van der Waals surface area (Å²) in [6.07, 6.45) is 1.87. The summed E-state index contributed by atoms with van der Waals surface area (Å²) in [5.41, 5.74) is 1.43. The Hall–Kier alpha value is -1.68. The van der Waals surface area contributed by atoms with Gasteiger partial charge < -0.3 is 14.5 Å². The normalized spacial score (nSPS) is 24.2. The predicted molar refractivity (Wildman–Crippen MR) is 84.8 cm³/mol. The molecule has 1 aromatic heterocycles. The van der Waals surface area contributed by atoms with E-state index in [1.54, 1.807) is 6.20 Å². The number of pyridine rings is 1. The van der Waals surface area contributed by atoms with Crippen LogP contribution in [0.2, 0.25) is 0 Å². The van der Waals surface area contributed by atoms with E-state index in [4.69, 9.17) is 4.74 Å². The second-order valence-electron chi connectivity index (χ2n) is 6.03. The number of ether oxygens (including phenoxy) is 1. The SMILES string of the molecule is CN1CCN(CC2CN(c3cccnc3C#N)CCO2)CC1. The standard InChI is InChI=1S/C16H23N5O/c1-19-5-7-20(8-6-19)12-14-13-21(9-10-22-14)16-3-2-4-18-15(16)11-17/h2-4,14H,5-10,12-13H2,1H3. The molecule has 0 N–H and O–H groups in total. The van der Waals surface area contributed by atoms with Crippen molar-refractivity contribution in [3.8, 4) is 6.07 Å². The Kier molecular flexibility index (Phi) is 4.88. The third-order valence-electron chi connectivity index (χ3n) is 4.43. The lowest BCUT2D eigenvalue weighted by molar-refractivity contribution is 0.00679. The molecular formula is C16H23N5O. The average molecular weight is 301 g/mol. The van der Waals surface area contributed by atoms with Gasteiger partial charge in [-0.3, -0.25) is 4.90 Å². The zero-order chi connectivity index (χ0) is 15.4. The van der Waals surface area contributed by atoms with Crippen molar-refractivity contribution in [3.63, 3.8) is 0 Å². The van der Waals surface area contributed by atoms with Crippen LogP contribution in [0.1, 0.15) is 5.69 Å². The van der Waals surface area contributed by atoms with Gasteiger partial charge in [-0.15, -0.1) is 0 Å². The Morgan fingerprint density at radius 1 is 1.32 bits per heavy atom. The molecule has 2 aliphatic heterocycles. The highest BCUT2D eigenvalue weighted by molar-refractivity contribution is 5.55. The molecule has 2 aliphatic rings. The predicted octanol–water partition coefficient (Wildman–Crippen LogP) is 0.406. The highest BCUT2D eigenvalue weighted by Gasteiger charge is 2.25. The minimum atomic E-state index is 0.198. The number of hydrogen-bond acceptors (Lipinski definition) is 6. The quantitative estimate of drug-likeness (QED) is 0.806. The van der Waals surface area contributed by atoms with Gasteiger partial charge in [0.05, 0.1) is 18.4 Å². The van der Waals surface area contributed by atoms with Crippen molar-refractivity contribution in [2.75, 3.05) is 64.4 Å². The fraction of sp³-hybridized carbons (Fsp3) is 0.625. The maximum Gasteiger partial charge on any atom is 0.163 e. The summed E-state index contributed by atoms with van der Waals surface area (Å²) >= 11 is 0. The van der Waals surface area contributed by atoms with Gasteiger partial charge in [0.1, 0.15) is 6.07 Å². The van der Waals surface area contributed by atoms with Gasteiger partial charge in [-0.2, -0.15) is 5.26 Å². The van der Waals surface area contributed by atoms with Crippen LogP contribution in [0.4, 0.5) is 5.69 Å². The fourth-order valence-electron chi connectivity index (χ4n) is 3.11. The molecule has 6 heteroatoms. The maximum absolute atomic E-state index is 9.22. The largest absolute Gasteiger partial charge is 0.373 e. The highest BCUT2D eigenvalue weighted by atomic mass is 16.5. The van der Waals surface area contributed by atoms with Crippen LogP contribution in [0.5, 0.6) is 0 Å². The smallest absolute Gasteiger partial charge is 0.163 e. The summed E-state index contributed by atoms with van der Waals surface area (Å²) in [5, 5.41) is 9.22. The molecule has 1 atom stereocenters. The van der Waals surface area contributed by atoms with E-state index in [-0.39, 0.29) is 6.10 Å². The second kappa shape index (κ2) is 7.05. The topological polar surface area (TPSA) is 55.6 Å². The number of aromatic nitrogens is 1. The Balaban J connectivity index is 1.61. The molecule has 0 spiro atoms. The van der Waals surface area contributed by atoms with E-state index < -0.39 is 0 Å². The number of hydrogen-bond donors (Lipinski definition) is 0. The van der Waals surface area contributed by atoms with Crippen molar-refractivity contribution in [3.05, 3.63) is 24.0 Å². The van der Waals surface area contributed by atoms with Crippen molar-refractivity contribution < 1.29 is 4.74 Å². The van der Waals surface area contributed by atoms with Gasteiger partial charge in [-0.1, -0.05) is 0 Å². The lowest BCUT2D eigenvalue weighted by Crippen LogP contribution is -2.52. The van der Waals surface area contributed by atoms with E-state index >= 15 is 0 Å². The number of likely N-dealkylation sites (N-methyl/N-ethyl adjacent to an activating group) is 1. The number of nitrogens with zero attached hydrogens (tertiary/aromatic N) is 5. The number of morpholine rings is 1. The number of piperazine rings is 1. The van der Waals surface area contributed by atoms with Gasteiger partial charge in [0.25, 0.3) is 0 Å². The van der Waals surface area contributed by atoms with Crippen LogP contribution in [0, 0.1) is 11.3 Å². The summed E-state index contributed by atoms with van der Waals surface area (Å²) in [6.45, 7) is 7.77. The van der Waals surface area contributed by atoms with Gasteiger partial charge >= 0.3 is 0 Å². The number of nitriles is 1. The monoisotopic (exact) mass is 301 g/mol. The molecule has 0 aliphatic carbocycles. The van der Waals surface area contributed by atoms with Crippen molar-refractivity contribution in [1.29, 1.82) is 5.26 Å². The fourth-order valence-corrected chi connectivity index (χ4v) is 3.11. The Labute approximate surface area is 131 Å². The van der Waals surface area contributed by atoms with E-state index in [0.29, 0.717) is 12.3 Å². The van der Waals surface area contributed by atoms with Crippen LogP contribution in [0.25, 0.3) is 0 Å². The van der Waals surface area contributed by atoms with Gasteiger partial charge in [-0.25, -0.2) is 4.98 Å². The molecule has 0 saturated carbocycles. The first kappa shape index (κ1) is 15.2. The third kappa shape index (κ3) is 3.55. The third-order valence-corrected chi connectivity index (χ3v) is 4.43. The van der Waals surface area contributed by atoms with Crippen LogP contribution in [0.3, 0.4) is 0 Å². The minimum Gasteiger partial charge on any atom is -0.373 e. The molecule has 0 bridgehead atoms. The molecule has 0 radical (unpaired) electrons. The van der Waals surface area contributed by atoms with Crippen molar-refractivity contribution in [2.45, 2.75) is 6.10 Å². The van der Waals surface area contributed by atoms with Crippen molar-refractivity contribution in [1.82, 2.24) is 14.8 Å². The summed E-state index contributed by atoms with van der Waals surface area (Å²) in [4.78, 5) is 11.2. The van der Waals surface area contributed by atoms with Crippen molar-refractivity contribution in [2.24, 2.45) is 0 Å². The molecule has 1 aromatic rings. The first-order chi connectivity index (χ1) is 10.8. The molecule has 1 unspecified atom stereocenters. The van der Waals surface area contributed by atoms with E-state index in [1.165, 1.54) is 0 Å². The van der Waals surface area contributed by atoms with Gasteiger partial charge in [-0.05, 0) is 19.2 Å². The molecule has 0 amide bonds. The van der Waals surface area contributed by atoms with E-state index in [1.807, 2.05) is 12.1 Å². The Morgan fingerprint density at radius 3 is 2.91 bits per heavy atom. The lowest BCUT2D eigenvalue weighted by Gasteiger charge is -2.39. The van der Waals surface area contributed by atoms with Crippen LogP contribution in [-0.4, -0.2) is 80.4 Å². The van der Waals surface area contributed by atoms with E-state index in [9.17, 15) is 5.26 Å². The summed E-state index contributed by atoms with van der Waals surface area (Å²) in [6, 6.07) is 6.05. The maximum atomic E-state index is 9.22. The molecule has 2 saturated heterocycles. The first-order valence-electron chi connectivity index (χ1n) is 7.89. The van der Waals surface area contributed by atoms with Gasteiger partial charge in [0.2, 0.25) is 0 Å². The summed E-state index contributed by atoms with van der Waals surface area (Å²) in [5.74, 6) is 0. The lowest BCUT2D eigenvalue weighted by atomic mass is 10.2. The van der Waals surface area contributed by atoms with Crippen LogP contribution in [0.15, 0.2) is 18.3 Å². The molecule has 118 valence electrons. The molecule has 3 heterocycles. The van der Waals surface area contributed by atoms with E-state index in [2.05, 4.69) is 32.8 Å². The van der Waals surface area contributed by atoms with Gasteiger partial charge in [0, 0.05) is 52.0 Å². The van der Waals surface area contributed by atoms with Crippen LogP contribution >= 0.6 is 0 Å². The number of anilines is 1. The minimum absolute atomic E-state index is 0.198. The van der Waals surface area contributed by atoms with Gasteiger partial charge in [0.15, 0.2) is 5.69 Å². The number of rotatable bonds is 3. The first-order valence-corrected chi connectivity index (χ1v) is 7.89. The van der Waals surface area contributed by atoms with Crippen molar-refractivity contribution >= 4 is 5.69 Å². The van der Waals surface area contributed by atoms with Crippen LogP contribution in [-0.2, 0) is 4.74 Å². The zero-order valence-electron chi connectivity index (χ0n) is 13.1. The molecule has 6 nitrogen and oxygen atoms in total. The second-order valence-corrected chi connectivity index (χ2v) is 6.03.